The summed E-state index contributed by atoms with van der Waals surface area (Å²) in [6.07, 6.45) is 10.6. The first-order valence-electron chi connectivity index (χ1n) is 11.4. The number of carbonyl (C=O) groups excluding carboxylic acids is 2. The summed E-state index contributed by atoms with van der Waals surface area (Å²) in [4.78, 5) is 25.6. The molecular weight excluding hydrogens is 352 g/mol. The highest BCUT2D eigenvalue weighted by Crippen LogP contribution is 2.69. The molecule has 0 aliphatic heterocycles. The maximum atomic E-state index is 12.9. The number of hydrogen-bond donors (Lipinski definition) is 3. The van der Waals surface area contributed by atoms with Gasteiger partial charge in [-0.3, -0.25) is 14.7 Å². The standard InChI is InChI=1S/C22H30N4O2/c27-21(19-17-12-7-8-13(9-12)18(17)19)24-16(11-5-6-11)10-23-22(28)20-14-3-1-2-4-15(14)25-26-20/h11-13,16-19H,1-10H2,(H,23,28)(H,24,27)(H,25,26)/t12-,13+,16?,17+,18-,19?. The van der Waals surface area contributed by atoms with Crippen LogP contribution in [0.1, 0.15) is 66.7 Å². The lowest BCUT2D eigenvalue weighted by atomic mass is 9.96. The van der Waals surface area contributed by atoms with E-state index in [-0.39, 0.29) is 23.8 Å². The highest BCUT2D eigenvalue weighted by atomic mass is 16.2. The third-order valence-corrected chi connectivity index (χ3v) is 8.31. The number of rotatable bonds is 6. The first-order valence-corrected chi connectivity index (χ1v) is 11.4. The van der Waals surface area contributed by atoms with E-state index in [0.717, 1.165) is 61.6 Å². The molecule has 6 rings (SSSR count). The third-order valence-electron chi connectivity index (χ3n) is 8.31. The molecule has 150 valence electrons. The number of aromatic amines is 1. The molecule has 28 heavy (non-hydrogen) atoms. The molecule has 1 aromatic rings. The molecule has 1 heterocycles. The van der Waals surface area contributed by atoms with Crippen molar-refractivity contribution in [3.63, 3.8) is 0 Å². The highest BCUT2D eigenvalue weighted by molar-refractivity contribution is 5.94. The van der Waals surface area contributed by atoms with E-state index in [2.05, 4.69) is 20.8 Å². The van der Waals surface area contributed by atoms with E-state index in [9.17, 15) is 9.59 Å². The van der Waals surface area contributed by atoms with Gasteiger partial charge in [-0.1, -0.05) is 0 Å². The molecule has 6 nitrogen and oxygen atoms in total. The van der Waals surface area contributed by atoms with Crippen molar-refractivity contribution in [3.8, 4) is 0 Å². The van der Waals surface area contributed by atoms with Gasteiger partial charge in [0.25, 0.3) is 5.91 Å². The molecule has 4 fully saturated rings. The minimum Gasteiger partial charge on any atom is -0.351 e. The molecule has 0 radical (unpaired) electrons. The van der Waals surface area contributed by atoms with Gasteiger partial charge in [0.15, 0.2) is 5.69 Å². The zero-order chi connectivity index (χ0) is 18.8. The van der Waals surface area contributed by atoms with Gasteiger partial charge in [0.1, 0.15) is 0 Å². The fourth-order valence-corrected chi connectivity index (χ4v) is 6.74. The number of aryl methyl sites for hydroxylation is 1. The predicted octanol–water partition coefficient (Wildman–Crippen LogP) is 2.21. The van der Waals surface area contributed by atoms with Gasteiger partial charge in [0, 0.05) is 29.8 Å². The van der Waals surface area contributed by atoms with E-state index >= 15 is 0 Å². The smallest absolute Gasteiger partial charge is 0.272 e. The van der Waals surface area contributed by atoms with E-state index in [4.69, 9.17) is 0 Å². The molecule has 6 atom stereocenters. The molecular formula is C22H30N4O2. The number of aromatic nitrogens is 2. The summed E-state index contributed by atoms with van der Waals surface area (Å²) in [6, 6.07) is 0.0743. The maximum Gasteiger partial charge on any atom is 0.272 e. The second-order valence-electron chi connectivity index (χ2n) is 9.91. The molecule has 2 amide bonds. The fraction of sp³-hybridized carbons (Fsp3) is 0.773. The summed E-state index contributed by atoms with van der Waals surface area (Å²) < 4.78 is 0. The van der Waals surface area contributed by atoms with E-state index in [1.54, 1.807) is 0 Å². The van der Waals surface area contributed by atoms with Gasteiger partial charge < -0.3 is 10.6 Å². The Labute approximate surface area is 165 Å². The van der Waals surface area contributed by atoms with Gasteiger partial charge in [-0.15, -0.1) is 0 Å². The number of hydrogen-bond acceptors (Lipinski definition) is 3. The number of nitrogens with one attached hydrogen (secondary N) is 3. The van der Waals surface area contributed by atoms with Crippen molar-refractivity contribution in [2.45, 2.75) is 63.8 Å². The van der Waals surface area contributed by atoms with Crippen molar-refractivity contribution in [1.82, 2.24) is 20.8 Å². The Morgan fingerprint density at radius 1 is 1.07 bits per heavy atom. The van der Waals surface area contributed by atoms with Crippen LogP contribution in [0.25, 0.3) is 0 Å². The molecule has 4 saturated carbocycles. The van der Waals surface area contributed by atoms with Crippen LogP contribution in [0.5, 0.6) is 0 Å². The van der Waals surface area contributed by atoms with Gasteiger partial charge in [-0.25, -0.2) is 0 Å². The SMILES string of the molecule is O=C(NCC(NC(=O)C1[C@@H]2[C@H]3CC[C@H](C3)[C@H]12)C1CC1)c1n[nH]c2c1CCCC2. The van der Waals surface area contributed by atoms with Crippen molar-refractivity contribution in [2.24, 2.45) is 35.5 Å². The van der Waals surface area contributed by atoms with Gasteiger partial charge in [-0.05, 0) is 87.4 Å². The summed E-state index contributed by atoms with van der Waals surface area (Å²) in [5.74, 6) is 3.92. The second kappa shape index (κ2) is 6.33. The molecule has 6 heteroatoms. The Kier molecular flexibility index (Phi) is 3.85. The molecule has 2 bridgehead atoms. The maximum absolute atomic E-state index is 12.9. The van der Waals surface area contributed by atoms with Crippen LogP contribution in [0.4, 0.5) is 0 Å². The average molecular weight is 383 g/mol. The summed E-state index contributed by atoms with van der Waals surface area (Å²) in [5, 5.41) is 13.7. The largest absolute Gasteiger partial charge is 0.351 e. The van der Waals surface area contributed by atoms with Crippen LogP contribution in [0.2, 0.25) is 0 Å². The fourth-order valence-electron chi connectivity index (χ4n) is 6.74. The van der Waals surface area contributed by atoms with Gasteiger partial charge in [0.2, 0.25) is 5.91 Å². The topological polar surface area (TPSA) is 86.9 Å². The van der Waals surface area contributed by atoms with Crippen molar-refractivity contribution in [2.75, 3.05) is 6.54 Å². The van der Waals surface area contributed by atoms with Crippen molar-refractivity contribution in [1.29, 1.82) is 0 Å². The minimum atomic E-state index is -0.0966. The number of nitrogens with zero attached hydrogens (tertiary/aromatic N) is 1. The van der Waals surface area contributed by atoms with E-state index in [1.807, 2.05) is 0 Å². The first-order chi connectivity index (χ1) is 13.7. The zero-order valence-corrected chi connectivity index (χ0v) is 16.4. The zero-order valence-electron chi connectivity index (χ0n) is 16.4. The van der Waals surface area contributed by atoms with Crippen LogP contribution in [0.15, 0.2) is 0 Å². The normalized spacial score (nSPS) is 35.8. The molecule has 1 aromatic heterocycles. The summed E-state index contributed by atoms with van der Waals surface area (Å²) in [6.45, 7) is 0.520. The van der Waals surface area contributed by atoms with Crippen LogP contribution in [-0.2, 0) is 17.6 Å². The summed E-state index contributed by atoms with van der Waals surface area (Å²) >= 11 is 0. The molecule has 3 N–H and O–H groups in total. The highest BCUT2D eigenvalue weighted by Gasteiger charge is 2.67. The van der Waals surface area contributed by atoms with Crippen LogP contribution in [0.3, 0.4) is 0 Å². The van der Waals surface area contributed by atoms with Crippen LogP contribution < -0.4 is 10.6 Å². The quantitative estimate of drug-likeness (QED) is 0.705. The van der Waals surface area contributed by atoms with Gasteiger partial charge >= 0.3 is 0 Å². The van der Waals surface area contributed by atoms with Gasteiger partial charge in [0.05, 0.1) is 0 Å². The van der Waals surface area contributed by atoms with E-state index < -0.39 is 0 Å². The molecule has 0 saturated heterocycles. The number of carbonyl (C=O) groups is 2. The Morgan fingerprint density at radius 3 is 2.57 bits per heavy atom. The summed E-state index contributed by atoms with van der Waals surface area (Å²) in [5.41, 5.74) is 2.78. The lowest BCUT2D eigenvalue weighted by molar-refractivity contribution is -0.124. The lowest BCUT2D eigenvalue weighted by Gasteiger charge is -2.20. The molecule has 0 aromatic carbocycles. The number of amides is 2. The molecule has 2 unspecified atom stereocenters. The van der Waals surface area contributed by atoms with Crippen molar-refractivity contribution in [3.05, 3.63) is 17.0 Å². The predicted molar refractivity (Wildman–Crippen MR) is 104 cm³/mol. The first kappa shape index (κ1) is 17.0. The summed E-state index contributed by atoms with van der Waals surface area (Å²) in [7, 11) is 0. The average Bonchev–Trinajstić information content (AvgIpc) is 3.57. The Hall–Kier alpha value is -1.85. The van der Waals surface area contributed by atoms with Crippen LogP contribution >= 0.6 is 0 Å². The number of H-pyrrole nitrogens is 1. The number of fused-ring (bicyclic) bond motifs is 6. The van der Waals surface area contributed by atoms with Crippen LogP contribution in [0, 0.1) is 35.5 Å². The monoisotopic (exact) mass is 382 g/mol. The van der Waals surface area contributed by atoms with Crippen LogP contribution in [-0.4, -0.2) is 34.6 Å². The lowest BCUT2D eigenvalue weighted by Crippen LogP contribution is -2.46. The molecule has 5 aliphatic carbocycles. The molecule has 0 spiro atoms. The Bertz CT molecular complexity index is 797. The molecule has 5 aliphatic rings. The Balaban J connectivity index is 1.07. The van der Waals surface area contributed by atoms with E-state index in [0.29, 0.717) is 30.0 Å². The minimum absolute atomic E-state index is 0.0743. The third kappa shape index (κ3) is 2.71. The second-order valence-corrected chi connectivity index (χ2v) is 9.91. The van der Waals surface area contributed by atoms with Crippen molar-refractivity contribution >= 4 is 11.8 Å². The van der Waals surface area contributed by atoms with E-state index in [1.165, 1.54) is 19.3 Å². The van der Waals surface area contributed by atoms with Gasteiger partial charge in [-0.2, -0.15) is 5.10 Å². The van der Waals surface area contributed by atoms with Crippen molar-refractivity contribution < 1.29 is 9.59 Å². The Morgan fingerprint density at radius 2 is 1.82 bits per heavy atom.